The highest BCUT2D eigenvalue weighted by Crippen LogP contribution is 2.37. The summed E-state index contributed by atoms with van der Waals surface area (Å²) in [6.07, 6.45) is 1.63. The van der Waals surface area contributed by atoms with E-state index >= 15 is 0 Å². The second-order valence-corrected chi connectivity index (χ2v) is 8.55. The fourth-order valence-electron chi connectivity index (χ4n) is 3.93. The van der Waals surface area contributed by atoms with E-state index in [0.29, 0.717) is 18.8 Å². The van der Waals surface area contributed by atoms with Gasteiger partial charge < -0.3 is 30.0 Å². The van der Waals surface area contributed by atoms with Crippen LogP contribution in [0.3, 0.4) is 0 Å². The van der Waals surface area contributed by atoms with Crippen molar-refractivity contribution in [1.82, 2.24) is 14.9 Å². The molecule has 0 radical (unpaired) electrons. The molecule has 0 bridgehead atoms. The third-order valence-electron chi connectivity index (χ3n) is 5.18. The molecule has 1 aliphatic rings. The number of hydrogen-bond donors (Lipinski definition) is 2. The Balaban J connectivity index is 1.84. The monoisotopic (exact) mass is 403 g/mol. The standard InChI is InChI=1S/C21H33N5O3/c1-14-24-18-17(25(14)11-12-28-5)9-8-16(22)19(18)26-10-6-7-15(26)13-23-20(27)29-21(2,3)4/h8-9,15H,6-7,10-13,22H2,1-5H3,(H,23,27)/t15-/m0/s1. The molecule has 1 aromatic heterocycles. The van der Waals surface area contributed by atoms with Crippen molar-refractivity contribution in [2.75, 3.05) is 37.4 Å². The number of nitrogen functional groups attached to an aromatic ring is 1. The molecular weight excluding hydrogens is 370 g/mol. The largest absolute Gasteiger partial charge is 0.444 e. The van der Waals surface area contributed by atoms with Crippen molar-refractivity contribution in [3.8, 4) is 0 Å². The number of aryl methyl sites for hydroxylation is 1. The van der Waals surface area contributed by atoms with Crippen LogP contribution < -0.4 is 16.0 Å². The number of aromatic nitrogens is 2. The van der Waals surface area contributed by atoms with E-state index in [0.717, 1.165) is 48.5 Å². The van der Waals surface area contributed by atoms with E-state index in [1.807, 2.05) is 39.8 Å². The molecule has 1 saturated heterocycles. The number of nitrogens with one attached hydrogen (secondary N) is 1. The minimum Gasteiger partial charge on any atom is -0.444 e. The molecule has 2 aromatic rings. The summed E-state index contributed by atoms with van der Waals surface area (Å²) in [7, 11) is 1.70. The second kappa shape index (κ2) is 8.49. The maximum Gasteiger partial charge on any atom is 0.407 e. The molecule has 0 unspecified atom stereocenters. The molecule has 3 rings (SSSR count). The highest BCUT2D eigenvalue weighted by molar-refractivity contribution is 5.96. The van der Waals surface area contributed by atoms with E-state index in [-0.39, 0.29) is 6.04 Å². The van der Waals surface area contributed by atoms with Crippen LogP contribution in [-0.2, 0) is 16.0 Å². The maximum absolute atomic E-state index is 12.1. The summed E-state index contributed by atoms with van der Waals surface area (Å²) < 4.78 is 12.8. The number of imidazole rings is 1. The first-order chi connectivity index (χ1) is 13.7. The summed E-state index contributed by atoms with van der Waals surface area (Å²) in [5, 5.41) is 2.91. The van der Waals surface area contributed by atoms with Gasteiger partial charge in [0.2, 0.25) is 0 Å². The van der Waals surface area contributed by atoms with Gasteiger partial charge in [0.1, 0.15) is 16.9 Å². The van der Waals surface area contributed by atoms with Gasteiger partial charge in [-0.05, 0) is 52.7 Å². The molecule has 1 aliphatic heterocycles. The first-order valence-corrected chi connectivity index (χ1v) is 10.2. The highest BCUT2D eigenvalue weighted by Gasteiger charge is 2.29. The summed E-state index contributed by atoms with van der Waals surface area (Å²) in [6.45, 7) is 10.3. The van der Waals surface area contributed by atoms with Gasteiger partial charge in [-0.25, -0.2) is 9.78 Å². The van der Waals surface area contributed by atoms with Crippen molar-refractivity contribution in [2.24, 2.45) is 0 Å². The summed E-state index contributed by atoms with van der Waals surface area (Å²) in [4.78, 5) is 19.2. The lowest BCUT2D eigenvalue weighted by molar-refractivity contribution is 0.0525. The molecule has 0 saturated carbocycles. The molecule has 160 valence electrons. The van der Waals surface area contributed by atoms with Gasteiger partial charge in [-0.15, -0.1) is 0 Å². The van der Waals surface area contributed by atoms with E-state index in [4.69, 9.17) is 20.2 Å². The lowest BCUT2D eigenvalue weighted by Crippen LogP contribution is -2.42. The van der Waals surface area contributed by atoms with Gasteiger partial charge in [0, 0.05) is 32.8 Å². The Kier molecular flexibility index (Phi) is 6.21. The number of anilines is 2. The van der Waals surface area contributed by atoms with Gasteiger partial charge in [0.15, 0.2) is 0 Å². The summed E-state index contributed by atoms with van der Waals surface area (Å²) in [5.41, 5.74) is 9.50. The van der Waals surface area contributed by atoms with Gasteiger partial charge in [0.05, 0.1) is 23.5 Å². The molecule has 1 atom stereocenters. The number of alkyl carbamates (subject to hydrolysis) is 1. The van der Waals surface area contributed by atoms with E-state index in [9.17, 15) is 4.79 Å². The summed E-state index contributed by atoms with van der Waals surface area (Å²) in [6, 6.07) is 4.12. The number of carbonyl (C=O) groups is 1. The van der Waals surface area contributed by atoms with Crippen molar-refractivity contribution in [2.45, 2.75) is 58.7 Å². The average Bonchev–Trinajstić information content (AvgIpc) is 3.20. The highest BCUT2D eigenvalue weighted by atomic mass is 16.6. The topological polar surface area (TPSA) is 94.6 Å². The molecule has 0 aliphatic carbocycles. The van der Waals surface area contributed by atoms with Gasteiger partial charge in [-0.2, -0.15) is 0 Å². The van der Waals surface area contributed by atoms with Crippen LogP contribution in [0.2, 0.25) is 0 Å². The van der Waals surface area contributed by atoms with E-state index in [1.165, 1.54) is 0 Å². The number of fused-ring (bicyclic) bond motifs is 1. The zero-order chi connectivity index (χ0) is 21.2. The maximum atomic E-state index is 12.1. The Bertz CT molecular complexity index is 871. The van der Waals surface area contributed by atoms with Crippen molar-refractivity contribution >= 4 is 28.5 Å². The SMILES string of the molecule is COCCn1c(C)nc2c(N3CCC[C@H]3CNC(=O)OC(C)(C)C)c(N)ccc21. The van der Waals surface area contributed by atoms with Gasteiger partial charge in [-0.3, -0.25) is 0 Å². The van der Waals surface area contributed by atoms with Crippen LogP contribution in [-0.4, -0.2) is 54.1 Å². The molecule has 1 aromatic carbocycles. The zero-order valence-electron chi connectivity index (χ0n) is 18.1. The van der Waals surface area contributed by atoms with Crippen LogP contribution in [0, 0.1) is 6.92 Å². The number of amides is 1. The molecule has 29 heavy (non-hydrogen) atoms. The predicted molar refractivity (Wildman–Crippen MR) is 115 cm³/mol. The Morgan fingerprint density at radius 1 is 1.38 bits per heavy atom. The minimum atomic E-state index is -0.512. The van der Waals surface area contributed by atoms with Crippen molar-refractivity contribution in [3.63, 3.8) is 0 Å². The lowest BCUT2D eigenvalue weighted by atomic mass is 10.1. The van der Waals surface area contributed by atoms with Crippen LogP contribution >= 0.6 is 0 Å². The Hall–Kier alpha value is -2.48. The molecule has 0 spiro atoms. The molecular formula is C21H33N5O3. The van der Waals surface area contributed by atoms with Crippen LogP contribution in [0.25, 0.3) is 11.0 Å². The molecule has 1 amide bonds. The number of rotatable bonds is 6. The smallest absolute Gasteiger partial charge is 0.407 e. The molecule has 8 nitrogen and oxygen atoms in total. The molecule has 2 heterocycles. The fourth-order valence-corrected chi connectivity index (χ4v) is 3.93. The Morgan fingerprint density at radius 3 is 2.83 bits per heavy atom. The number of methoxy groups -OCH3 is 1. The van der Waals surface area contributed by atoms with Crippen LogP contribution in [0.4, 0.5) is 16.2 Å². The lowest BCUT2D eigenvalue weighted by Gasteiger charge is -2.29. The van der Waals surface area contributed by atoms with E-state index < -0.39 is 11.7 Å². The first-order valence-electron chi connectivity index (χ1n) is 10.2. The molecule has 8 heteroatoms. The first kappa shape index (κ1) is 21.2. The Morgan fingerprint density at radius 2 is 2.14 bits per heavy atom. The normalized spacial score (nSPS) is 17.1. The number of nitrogens with zero attached hydrogens (tertiary/aromatic N) is 3. The van der Waals surface area contributed by atoms with Crippen LogP contribution in [0.15, 0.2) is 12.1 Å². The predicted octanol–water partition coefficient (Wildman–Crippen LogP) is 3.07. The number of carbonyl (C=O) groups excluding carboxylic acids is 1. The number of hydrogen-bond acceptors (Lipinski definition) is 6. The fraction of sp³-hybridized carbons (Fsp3) is 0.619. The van der Waals surface area contributed by atoms with Crippen molar-refractivity contribution < 1.29 is 14.3 Å². The molecule has 3 N–H and O–H groups in total. The van der Waals surface area contributed by atoms with Gasteiger partial charge in [-0.1, -0.05) is 0 Å². The van der Waals surface area contributed by atoms with Crippen molar-refractivity contribution in [3.05, 3.63) is 18.0 Å². The molecule has 1 fully saturated rings. The second-order valence-electron chi connectivity index (χ2n) is 8.55. The summed E-state index contributed by atoms with van der Waals surface area (Å²) >= 11 is 0. The summed E-state index contributed by atoms with van der Waals surface area (Å²) in [5.74, 6) is 0.937. The van der Waals surface area contributed by atoms with Crippen molar-refractivity contribution in [1.29, 1.82) is 0 Å². The van der Waals surface area contributed by atoms with Gasteiger partial charge in [0.25, 0.3) is 0 Å². The Labute approximate surface area is 172 Å². The number of ether oxygens (including phenoxy) is 2. The van der Waals surface area contributed by atoms with Crippen LogP contribution in [0.5, 0.6) is 0 Å². The average molecular weight is 404 g/mol. The van der Waals surface area contributed by atoms with E-state index in [2.05, 4.69) is 14.8 Å². The third-order valence-corrected chi connectivity index (χ3v) is 5.18. The van der Waals surface area contributed by atoms with E-state index in [1.54, 1.807) is 7.11 Å². The zero-order valence-corrected chi connectivity index (χ0v) is 18.1. The number of benzene rings is 1. The third kappa shape index (κ3) is 4.75. The number of nitrogens with two attached hydrogens (primary N) is 1. The van der Waals surface area contributed by atoms with Crippen LogP contribution in [0.1, 0.15) is 39.4 Å². The minimum absolute atomic E-state index is 0.153. The van der Waals surface area contributed by atoms with Gasteiger partial charge >= 0.3 is 6.09 Å². The quantitative estimate of drug-likeness (QED) is 0.720.